The third-order valence-electron chi connectivity index (χ3n) is 3.03. The molecule has 0 saturated heterocycles. The number of methoxy groups -OCH3 is 2. The molecule has 0 aromatic heterocycles. The van der Waals surface area contributed by atoms with E-state index in [1.807, 2.05) is 12.1 Å². The maximum Gasteiger partial charge on any atom is 0.165 e. The fourth-order valence-corrected chi connectivity index (χ4v) is 1.92. The van der Waals surface area contributed by atoms with Crippen molar-refractivity contribution in [1.29, 1.82) is 0 Å². The molecule has 0 bridgehead atoms. The van der Waals surface area contributed by atoms with Crippen molar-refractivity contribution in [2.45, 2.75) is 13.2 Å². The molecule has 2 aromatic carbocycles. The van der Waals surface area contributed by atoms with Gasteiger partial charge in [0.05, 0.1) is 14.2 Å². The van der Waals surface area contributed by atoms with Crippen LogP contribution in [0.2, 0.25) is 0 Å². The molecule has 21 heavy (non-hydrogen) atoms. The minimum Gasteiger partial charge on any atom is -0.497 e. The predicted molar refractivity (Wildman–Crippen MR) is 78.2 cm³/mol. The van der Waals surface area contributed by atoms with Crippen LogP contribution < -0.4 is 19.9 Å². The van der Waals surface area contributed by atoms with Crippen molar-refractivity contribution in [3.05, 3.63) is 53.3 Å². The minimum absolute atomic E-state index is 0.213. The second-order valence-corrected chi connectivity index (χ2v) is 4.48. The van der Waals surface area contributed by atoms with Crippen LogP contribution in [0.15, 0.2) is 36.4 Å². The van der Waals surface area contributed by atoms with Gasteiger partial charge >= 0.3 is 0 Å². The van der Waals surface area contributed by atoms with Gasteiger partial charge in [-0.15, -0.1) is 0 Å². The van der Waals surface area contributed by atoms with Crippen molar-refractivity contribution in [1.82, 2.24) is 0 Å². The molecule has 112 valence electrons. The van der Waals surface area contributed by atoms with Crippen molar-refractivity contribution in [2.24, 2.45) is 5.73 Å². The van der Waals surface area contributed by atoms with Crippen LogP contribution in [-0.2, 0) is 13.2 Å². The third-order valence-corrected chi connectivity index (χ3v) is 3.03. The van der Waals surface area contributed by atoms with E-state index >= 15 is 0 Å². The number of nitrogens with two attached hydrogens (primary N) is 1. The Labute approximate surface area is 123 Å². The van der Waals surface area contributed by atoms with E-state index in [9.17, 15) is 4.39 Å². The zero-order chi connectivity index (χ0) is 15.2. The van der Waals surface area contributed by atoms with Crippen molar-refractivity contribution >= 4 is 0 Å². The maximum absolute atomic E-state index is 13.6. The van der Waals surface area contributed by atoms with E-state index < -0.39 is 5.82 Å². The van der Waals surface area contributed by atoms with Gasteiger partial charge in [-0.2, -0.15) is 0 Å². The van der Waals surface area contributed by atoms with Crippen LogP contribution >= 0.6 is 0 Å². The highest BCUT2D eigenvalue weighted by Crippen LogP contribution is 2.24. The highest BCUT2D eigenvalue weighted by atomic mass is 19.1. The first-order valence-electron chi connectivity index (χ1n) is 6.49. The number of benzene rings is 2. The molecule has 2 N–H and O–H groups in total. The smallest absolute Gasteiger partial charge is 0.165 e. The van der Waals surface area contributed by atoms with E-state index in [-0.39, 0.29) is 12.4 Å². The molecular weight excluding hydrogens is 273 g/mol. The van der Waals surface area contributed by atoms with Gasteiger partial charge in [-0.1, -0.05) is 6.07 Å². The van der Waals surface area contributed by atoms with Gasteiger partial charge in [-0.25, -0.2) is 4.39 Å². The first-order valence-corrected chi connectivity index (χ1v) is 6.49. The van der Waals surface area contributed by atoms with Gasteiger partial charge in [0, 0.05) is 12.6 Å². The number of hydrogen-bond acceptors (Lipinski definition) is 4. The van der Waals surface area contributed by atoms with Crippen LogP contribution in [0.4, 0.5) is 4.39 Å². The third kappa shape index (κ3) is 3.86. The van der Waals surface area contributed by atoms with Gasteiger partial charge in [0.15, 0.2) is 11.6 Å². The molecule has 0 aliphatic rings. The lowest BCUT2D eigenvalue weighted by Gasteiger charge is -2.11. The van der Waals surface area contributed by atoms with Gasteiger partial charge in [-0.3, -0.25) is 0 Å². The van der Waals surface area contributed by atoms with E-state index in [4.69, 9.17) is 19.9 Å². The number of halogens is 1. The molecule has 0 atom stereocenters. The molecular formula is C16H18FNO3. The summed E-state index contributed by atoms with van der Waals surface area (Å²) in [5.41, 5.74) is 7.25. The number of rotatable bonds is 6. The SMILES string of the molecule is COc1cc(CN)cc(OCc2ccc(OC)c(F)c2)c1. The summed E-state index contributed by atoms with van der Waals surface area (Å²) < 4.78 is 29.3. The lowest BCUT2D eigenvalue weighted by molar-refractivity contribution is 0.302. The first kappa shape index (κ1) is 15.1. The lowest BCUT2D eigenvalue weighted by Crippen LogP contribution is -2.01. The topological polar surface area (TPSA) is 53.7 Å². The average molecular weight is 291 g/mol. The standard InChI is InChI=1S/C16H18FNO3/c1-19-13-5-12(9-18)6-14(8-13)21-10-11-3-4-16(20-2)15(17)7-11/h3-8H,9-10,18H2,1-2H3. The Morgan fingerprint density at radius 3 is 2.33 bits per heavy atom. The zero-order valence-corrected chi connectivity index (χ0v) is 12.1. The molecule has 0 heterocycles. The Morgan fingerprint density at radius 1 is 0.952 bits per heavy atom. The van der Waals surface area contributed by atoms with E-state index in [0.29, 0.717) is 23.6 Å². The first-order chi connectivity index (χ1) is 10.2. The van der Waals surface area contributed by atoms with Gasteiger partial charge in [0.2, 0.25) is 0 Å². The number of ether oxygens (including phenoxy) is 3. The maximum atomic E-state index is 13.6. The van der Waals surface area contributed by atoms with Gasteiger partial charge < -0.3 is 19.9 Å². The summed E-state index contributed by atoms with van der Waals surface area (Å²) in [5, 5.41) is 0. The van der Waals surface area contributed by atoms with E-state index in [1.165, 1.54) is 13.2 Å². The van der Waals surface area contributed by atoms with Gasteiger partial charge in [0.25, 0.3) is 0 Å². The highest BCUT2D eigenvalue weighted by Gasteiger charge is 2.05. The summed E-state index contributed by atoms with van der Waals surface area (Å²) in [5.74, 6) is 1.11. The summed E-state index contributed by atoms with van der Waals surface area (Å²) in [6.07, 6.45) is 0. The Morgan fingerprint density at radius 2 is 1.71 bits per heavy atom. The molecule has 0 amide bonds. The molecule has 4 nitrogen and oxygen atoms in total. The zero-order valence-electron chi connectivity index (χ0n) is 12.1. The Kier molecular flexibility index (Phi) is 5.00. The quantitative estimate of drug-likeness (QED) is 0.889. The fourth-order valence-electron chi connectivity index (χ4n) is 1.92. The summed E-state index contributed by atoms with van der Waals surface area (Å²) in [7, 11) is 3.01. The van der Waals surface area contributed by atoms with Crippen molar-refractivity contribution in [2.75, 3.05) is 14.2 Å². The van der Waals surface area contributed by atoms with E-state index in [0.717, 1.165) is 5.56 Å². The molecule has 2 rings (SSSR count). The monoisotopic (exact) mass is 291 g/mol. The van der Waals surface area contributed by atoms with Crippen LogP contribution in [0.5, 0.6) is 17.2 Å². The molecule has 0 aliphatic heterocycles. The second kappa shape index (κ2) is 6.95. The van der Waals surface area contributed by atoms with Crippen LogP contribution in [0, 0.1) is 5.82 Å². The highest BCUT2D eigenvalue weighted by molar-refractivity contribution is 5.38. The molecule has 5 heteroatoms. The van der Waals surface area contributed by atoms with Gasteiger partial charge in [0.1, 0.15) is 18.1 Å². The lowest BCUT2D eigenvalue weighted by atomic mass is 10.2. The van der Waals surface area contributed by atoms with Crippen molar-refractivity contribution in [3.8, 4) is 17.2 Å². The average Bonchev–Trinajstić information content (AvgIpc) is 2.52. The molecule has 0 radical (unpaired) electrons. The molecule has 0 aliphatic carbocycles. The van der Waals surface area contributed by atoms with Crippen LogP contribution in [0.3, 0.4) is 0 Å². The van der Waals surface area contributed by atoms with E-state index in [2.05, 4.69) is 0 Å². The molecule has 0 fully saturated rings. The summed E-state index contributed by atoms with van der Waals surface area (Å²) in [6, 6.07) is 10.2. The molecule has 0 spiro atoms. The Bertz CT molecular complexity index is 594. The van der Waals surface area contributed by atoms with Crippen LogP contribution in [0.1, 0.15) is 11.1 Å². The predicted octanol–water partition coefficient (Wildman–Crippen LogP) is 2.88. The summed E-state index contributed by atoms with van der Waals surface area (Å²) in [4.78, 5) is 0. The largest absolute Gasteiger partial charge is 0.497 e. The Hall–Kier alpha value is -2.27. The number of hydrogen-bond donors (Lipinski definition) is 1. The van der Waals surface area contributed by atoms with Gasteiger partial charge in [-0.05, 0) is 35.4 Å². The summed E-state index contributed by atoms with van der Waals surface area (Å²) >= 11 is 0. The molecule has 0 unspecified atom stereocenters. The van der Waals surface area contributed by atoms with Crippen molar-refractivity contribution < 1.29 is 18.6 Å². The Balaban J connectivity index is 2.10. The molecule has 0 saturated carbocycles. The normalized spacial score (nSPS) is 10.3. The molecule has 2 aromatic rings. The second-order valence-electron chi connectivity index (χ2n) is 4.48. The van der Waals surface area contributed by atoms with Crippen molar-refractivity contribution in [3.63, 3.8) is 0 Å². The minimum atomic E-state index is -0.410. The van der Waals surface area contributed by atoms with Crippen LogP contribution in [-0.4, -0.2) is 14.2 Å². The summed E-state index contributed by atoms with van der Waals surface area (Å²) in [6.45, 7) is 0.642. The van der Waals surface area contributed by atoms with Crippen LogP contribution in [0.25, 0.3) is 0 Å². The van der Waals surface area contributed by atoms with E-state index in [1.54, 1.807) is 25.3 Å². The fraction of sp³-hybridized carbons (Fsp3) is 0.250.